The summed E-state index contributed by atoms with van der Waals surface area (Å²) in [7, 11) is 1.35. The lowest BCUT2D eigenvalue weighted by Crippen LogP contribution is -2.15. The van der Waals surface area contributed by atoms with Crippen LogP contribution in [0.1, 0.15) is 31.7 Å². The summed E-state index contributed by atoms with van der Waals surface area (Å²) in [6.45, 7) is 4.66. The van der Waals surface area contributed by atoms with Crippen molar-refractivity contribution < 1.29 is 14.5 Å². The molecule has 1 heterocycles. The third-order valence-corrected chi connectivity index (χ3v) is 4.89. The molecule has 10 heteroatoms. The zero-order valence-corrected chi connectivity index (χ0v) is 16.4. The molecule has 2 rings (SSSR count). The van der Waals surface area contributed by atoms with Gasteiger partial charge in [-0.15, -0.1) is 10.2 Å². The summed E-state index contributed by atoms with van der Waals surface area (Å²) >= 11 is 1.30. The van der Waals surface area contributed by atoms with Gasteiger partial charge in [0.15, 0.2) is 10.9 Å². The molecular formula is C17H23N5O4S. The Morgan fingerprint density at radius 1 is 1.41 bits per heavy atom. The molecule has 0 saturated carbocycles. The van der Waals surface area contributed by atoms with E-state index < -0.39 is 4.92 Å². The minimum Gasteiger partial charge on any atom is -0.490 e. The topological polar surface area (TPSA) is 112 Å². The molecule has 2 aromatic rings. The Morgan fingerprint density at radius 2 is 2.19 bits per heavy atom. The number of rotatable bonds is 10. The van der Waals surface area contributed by atoms with Crippen LogP contribution >= 0.6 is 11.8 Å². The van der Waals surface area contributed by atoms with E-state index in [9.17, 15) is 14.9 Å². The second-order valence-corrected chi connectivity index (χ2v) is 6.89. The molecule has 1 amide bonds. The van der Waals surface area contributed by atoms with Gasteiger partial charge in [-0.05, 0) is 18.9 Å². The Balaban J connectivity index is 1.98. The molecule has 0 radical (unpaired) electrons. The number of hydrogen-bond donors (Lipinski definition) is 1. The number of methoxy groups -OCH3 is 1. The summed E-state index contributed by atoms with van der Waals surface area (Å²) < 4.78 is 6.98. The first-order chi connectivity index (χ1) is 13.0. The lowest BCUT2D eigenvalue weighted by Gasteiger charge is -2.11. The molecule has 0 unspecified atom stereocenters. The van der Waals surface area contributed by atoms with Crippen molar-refractivity contribution in [1.29, 1.82) is 0 Å². The van der Waals surface area contributed by atoms with E-state index in [2.05, 4.69) is 22.4 Å². The summed E-state index contributed by atoms with van der Waals surface area (Å²) in [6.07, 6.45) is 4.96. The smallest absolute Gasteiger partial charge is 0.311 e. The number of aryl methyl sites for hydroxylation is 2. The largest absolute Gasteiger partial charge is 0.490 e. The molecule has 0 bridgehead atoms. The fraction of sp³-hybridized carbons (Fsp3) is 0.471. The van der Waals surface area contributed by atoms with Crippen molar-refractivity contribution in [2.75, 3.05) is 18.2 Å². The lowest BCUT2D eigenvalue weighted by atomic mass is 10.1. The normalized spacial score (nSPS) is 10.6. The van der Waals surface area contributed by atoms with E-state index in [0.29, 0.717) is 16.4 Å². The monoisotopic (exact) mass is 393 g/mol. The number of nitro groups is 1. The average Bonchev–Trinajstić information content (AvgIpc) is 3.08. The highest BCUT2D eigenvalue weighted by atomic mass is 32.2. The maximum absolute atomic E-state index is 12.3. The molecule has 1 N–H and O–H groups in total. The van der Waals surface area contributed by atoms with Gasteiger partial charge in [0.25, 0.3) is 0 Å². The molecule has 146 valence electrons. The van der Waals surface area contributed by atoms with Crippen LogP contribution in [0.15, 0.2) is 23.6 Å². The van der Waals surface area contributed by atoms with E-state index in [1.807, 2.05) is 4.57 Å². The van der Waals surface area contributed by atoms with Gasteiger partial charge in [0.1, 0.15) is 6.33 Å². The lowest BCUT2D eigenvalue weighted by molar-refractivity contribution is -0.385. The van der Waals surface area contributed by atoms with Crippen molar-refractivity contribution in [2.45, 2.75) is 44.8 Å². The van der Waals surface area contributed by atoms with Gasteiger partial charge in [0, 0.05) is 24.4 Å². The molecule has 9 nitrogen and oxygen atoms in total. The average molecular weight is 393 g/mol. The molecule has 1 aromatic carbocycles. The number of carbonyl (C=O) groups excluding carboxylic acids is 1. The zero-order chi connectivity index (χ0) is 19.8. The summed E-state index contributed by atoms with van der Waals surface area (Å²) in [5.41, 5.74) is 0.929. The summed E-state index contributed by atoms with van der Waals surface area (Å²) in [5, 5.41) is 22.5. The Hall–Kier alpha value is -2.62. The van der Waals surface area contributed by atoms with Crippen LogP contribution in [0.3, 0.4) is 0 Å². The predicted octanol–water partition coefficient (Wildman–Crippen LogP) is 3.42. The quantitative estimate of drug-likeness (QED) is 0.285. The van der Waals surface area contributed by atoms with Crippen LogP contribution in [0.2, 0.25) is 0 Å². The fourth-order valence-electron chi connectivity index (χ4n) is 2.47. The Morgan fingerprint density at radius 3 is 2.85 bits per heavy atom. The summed E-state index contributed by atoms with van der Waals surface area (Å²) in [4.78, 5) is 22.8. The minimum atomic E-state index is -0.515. The molecule has 0 aliphatic rings. The molecule has 1 aromatic heterocycles. The number of anilines is 1. The van der Waals surface area contributed by atoms with E-state index in [-0.39, 0.29) is 23.1 Å². The standard InChI is InChI=1S/C17H23N5O4S/c1-4-5-6-7-21-11-18-20-17(21)27-10-16(23)19-13-9-15(26-3)14(22(24)25)8-12(13)2/h8-9,11H,4-7,10H2,1-3H3,(H,19,23). The first-order valence-electron chi connectivity index (χ1n) is 8.59. The maximum atomic E-state index is 12.3. The number of thioether (sulfide) groups is 1. The van der Waals surface area contributed by atoms with Crippen LogP contribution < -0.4 is 10.1 Å². The van der Waals surface area contributed by atoms with Crippen molar-refractivity contribution >= 4 is 29.0 Å². The molecular weight excluding hydrogens is 370 g/mol. The third kappa shape index (κ3) is 5.68. The summed E-state index contributed by atoms with van der Waals surface area (Å²) in [5.74, 6) is 0.0249. The van der Waals surface area contributed by atoms with Crippen LogP contribution in [0, 0.1) is 17.0 Å². The third-order valence-electron chi connectivity index (χ3n) is 3.91. The van der Waals surface area contributed by atoms with Crippen LogP contribution in [0.5, 0.6) is 5.75 Å². The van der Waals surface area contributed by atoms with Crippen LogP contribution in [-0.4, -0.2) is 38.5 Å². The first kappa shape index (κ1) is 20.7. The van der Waals surface area contributed by atoms with Crippen LogP contribution in [0.4, 0.5) is 11.4 Å². The number of aromatic nitrogens is 3. The van der Waals surface area contributed by atoms with E-state index >= 15 is 0 Å². The highest BCUT2D eigenvalue weighted by Crippen LogP contribution is 2.32. The van der Waals surface area contributed by atoms with E-state index in [1.54, 1.807) is 13.3 Å². The van der Waals surface area contributed by atoms with Gasteiger partial charge in [0.05, 0.1) is 17.8 Å². The second kappa shape index (κ2) is 9.91. The number of hydrogen-bond acceptors (Lipinski definition) is 7. The Bertz CT molecular complexity index is 809. The van der Waals surface area contributed by atoms with Gasteiger partial charge in [-0.25, -0.2) is 0 Å². The van der Waals surface area contributed by atoms with Crippen LogP contribution in [-0.2, 0) is 11.3 Å². The molecule has 27 heavy (non-hydrogen) atoms. The fourth-order valence-corrected chi connectivity index (χ4v) is 3.21. The van der Waals surface area contributed by atoms with Gasteiger partial charge in [0.2, 0.25) is 5.91 Å². The molecule has 0 aliphatic heterocycles. The molecule has 0 atom stereocenters. The van der Waals surface area contributed by atoms with Crippen molar-refractivity contribution in [3.63, 3.8) is 0 Å². The number of benzene rings is 1. The number of ether oxygens (including phenoxy) is 1. The Labute approximate surface area is 161 Å². The van der Waals surface area contributed by atoms with Gasteiger partial charge in [-0.2, -0.15) is 0 Å². The van der Waals surface area contributed by atoms with Crippen molar-refractivity contribution in [3.05, 3.63) is 34.1 Å². The number of nitrogens with zero attached hydrogens (tertiary/aromatic N) is 4. The Kier molecular flexibility index (Phi) is 7.59. The molecule has 0 saturated heterocycles. The zero-order valence-electron chi connectivity index (χ0n) is 15.6. The molecule has 0 spiro atoms. The van der Waals surface area contributed by atoms with Crippen LogP contribution in [0.25, 0.3) is 0 Å². The molecule has 0 fully saturated rings. The number of carbonyl (C=O) groups is 1. The van der Waals surface area contributed by atoms with Crippen molar-refractivity contribution in [1.82, 2.24) is 14.8 Å². The minimum absolute atomic E-state index is 0.101. The maximum Gasteiger partial charge on any atom is 0.311 e. The highest BCUT2D eigenvalue weighted by molar-refractivity contribution is 7.99. The second-order valence-electron chi connectivity index (χ2n) is 5.95. The number of nitrogens with one attached hydrogen (secondary N) is 1. The van der Waals surface area contributed by atoms with E-state index in [0.717, 1.165) is 25.8 Å². The number of amides is 1. The van der Waals surface area contributed by atoms with E-state index in [1.165, 1.54) is 31.0 Å². The number of nitro benzene ring substituents is 1. The predicted molar refractivity (Wildman–Crippen MR) is 103 cm³/mol. The van der Waals surface area contributed by atoms with Gasteiger partial charge < -0.3 is 14.6 Å². The first-order valence-corrected chi connectivity index (χ1v) is 9.58. The van der Waals surface area contributed by atoms with E-state index in [4.69, 9.17) is 4.74 Å². The van der Waals surface area contributed by atoms with Crippen molar-refractivity contribution in [2.24, 2.45) is 0 Å². The SMILES string of the molecule is CCCCCn1cnnc1SCC(=O)Nc1cc(OC)c([N+](=O)[O-])cc1C. The van der Waals surface area contributed by atoms with Gasteiger partial charge in [-0.3, -0.25) is 14.9 Å². The van der Waals surface area contributed by atoms with Gasteiger partial charge in [-0.1, -0.05) is 31.5 Å². The van der Waals surface area contributed by atoms with Gasteiger partial charge >= 0.3 is 5.69 Å². The highest BCUT2D eigenvalue weighted by Gasteiger charge is 2.18. The summed E-state index contributed by atoms with van der Waals surface area (Å²) in [6, 6.07) is 2.84. The molecule has 0 aliphatic carbocycles. The number of unbranched alkanes of at least 4 members (excludes halogenated alkanes) is 2. The van der Waals surface area contributed by atoms with Crippen molar-refractivity contribution in [3.8, 4) is 5.75 Å².